The van der Waals surface area contributed by atoms with Crippen LogP contribution in [0.2, 0.25) is 0 Å². The Morgan fingerprint density at radius 3 is 2.81 bits per heavy atom. The lowest BCUT2D eigenvalue weighted by molar-refractivity contribution is 0.122. The Kier molecular flexibility index (Phi) is 3.94. The number of para-hydroxylation sites is 1. The van der Waals surface area contributed by atoms with Gasteiger partial charge in [-0.2, -0.15) is 10.2 Å². The van der Waals surface area contributed by atoms with Gasteiger partial charge in [0, 0.05) is 19.3 Å². The molecule has 2 heterocycles. The first-order valence-corrected chi connectivity index (χ1v) is 6.79. The molecule has 0 radical (unpaired) electrons. The molecule has 1 aromatic heterocycles. The highest BCUT2D eigenvalue weighted by Gasteiger charge is 2.13. The normalized spacial score (nSPS) is 14.5. The fourth-order valence-electron chi connectivity index (χ4n) is 2.19. The second kappa shape index (κ2) is 6.20. The number of nitrogens with zero attached hydrogens (tertiary/aromatic N) is 4. The first-order valence-electron chi connectivity index (χ1n) is 6.79. The van der Waals surface area contributed by atoms with Gasteiger partial charge in [0.1, 0.15) is 11.9 Å². The van der Waals surface area contributed by atoms with Gasteiger partial charge in [0.05, 0.1) is 24.5 Å². The Bertz CT molecular complexity index is 661. The number of nitrogens with one attached hydrogen (secondary N) is 1. The molecule has 6 nitrogen and oxygen atoms in total. The molecule has 0 bridgehead atoms. The summed E-state index contributed by atoms with van der Waals surface area (Å²) in [6.07, 6.45) is 1.72. The van der Waals surface area contributed by atoms with Crippen LogP contribution < -0.4 is 10.2 Å². The molecule has 0 unspecified atom stereocenters. The number of hydrogen-bond acceptors (Lipinski definition) is 6. The van der Waals surface area contributed by atoms with Crippen molar-refractivity contribution < 1.29 is 4.74 Å². The van der Waals surface area contributed by atoms with Gasteiger partial charge in [-0.1, -0.05) is 12.1 Å². The Morgan fingerprint density at radius 2 is 2.00 bits per heavy atom. The molecule has 2 aromatic rings. The van der Waals surface area contributed by atoms with E-state index in [4.69, 9.17) is 10.00 Å². The van der Waals surface area contributed by atoms with Crippen molar-refractivity contribution in [3.8, 4) is 6.07 Å². The average molecular weight is 281 g/mol. The van der Waals surface area contributed by atoms with E-state index in [-0.39, 0.29) is 0 Å². The highest BCUT2D eigenvalue weighted by atomic mass is 16.5. The van der Waals surface area contributed by atoms with Gasteiger partial charge in [-0.05, 0) is 18.2 Å². The van der Waals surface area contributed by atoms with Crippen LogP contribution in [-0.2, 0) is 4.74 Å². The molecule has 1 aliphatic heterocycles. The SMILES string of the molecule is N#Cc1ccccc1Nc1nccc(N2CCOCC2)n1. The zero-order valence-corrected chi connectivity index (χ0v) is 11.5. The Morgan fingerprint density at radius 1 is 1.19 bits per heavy atom. The number of rotatable bonds is 3. The van der Waals surface area contributed by atoms with Crippen LogP contribution in [0, 0.1) is 11.3 Å². The minimum Gasteiger partial charge on any atom is -0.378 e. The van der Waals surface area contributed by atoms with E-state index >= 15 is 0 Å². The van der Waals surface area contributed by atoms with E-state index in [1.165, 1.54) is 0 Å². The van der Waals surface area contributed by atoms with Crippen LogP contribution in [0.3, 0.4) is 0 Å². The van der Waals surface area contributed by atoms with Gasteiger partial charge < -0.3 is 15.0 Å². The number of nitriles is 1. The van der Waals surface area contributed by atoms with E-state index in [0.29, 0.717) is 30.4 Å². The van der Waals surface area contributed by atoms with E-state index in [2.05, 4.69) is 26.3 Å². The Balaban J connectivity index is 1.81. The molecule has 1 aliphatic rings. The van der Waals surface area contributed by atoms with E-state index in [0.717, 1.165) is 18.9 Å². The molecule has 0 saturated carbocycles. The molecule has 1 fully saturated rings. The number of benzene rings is 1. The molecule has 106 valence electrons. The number of morpholine rings is 1. The van der Waals surface area contributed by atoms with Crippen LogP contribution in [-0.4, -0.2) is 36.3 Å². The molecule has 1 aromatic carbocycles. The van der Waals surface area contributed by atoms with E-state index in [9.17, 15) is 0 Å². The molecular weight excluding hydrogens is 266 g/mol. The van der Waals surface area contributed by atoms with Crippen molar-refractivity contribution in [1.82, 2.24) is 9.97 Å². The van der Waals surface area contributed by atoms with Gasteiger partial charge in [0.2, 0.25) is 5.95 Å². The zero-order valence-electron chi connectivity index (χ0n) is 11.5. The maximum Gasteiger partial charge on any atom is 0.229 e. The summed E-state index contributed by atoms with van der Waals surface area (Å²) in [5, 5.41) is 12.2. The van der Waals surface area contributed by atoms with Crippen LogP contribution >= 0.6 is 0 Å². The van der Waals surface area contributed by atoms with Gasteiger partial charge in [-0.25, -0.2) is 4.98 Å². The number of aromatic nitrogens is 2. The smallest absolute Gasteiger partial charge is 0.229 e. The quantitative estimate of drug-likeness (QED) is 0.926. The van der Waals surface area contributed by atoms with Gasteiger partial charge in [0.15, 0.2) is 0 Å². The Hall–Kier alpha value is -2.65. The molecule has 6 heteroatoms. The van der Waals surface area contributed by atoms with Crippen molar-refractivity contribution in [2.75, 3.05) is 36.5 Å². The summed E-state index contributed by atoms with van der Waals surface area (Å²) < 4.78 is 5.34. The fourth-order valence-corrected chi connectivity index (χ4v) is 2.19. The van der Waals surface area contributed by atoms with Crippen LogP contribution in [0.1, 0.15) is 5.56 Å². The minimum absolute atomic E-state index is 0.488. The number of hydrogen-bond donors (Lipinski definition) is 1. The number of anilines is 3. The third-order valence-electron chi connectivity index (χ3n) is 3.27. The molecule has 21 heavy (non-hydrogen) atoms. The summed E-state index contributed by atoms with van der Waals surface area (Å²) in [5.41, 5.74) is 1.28. The first-order chi connectivity index (χ1) is 10.4. The summed E-state index contributed by atoms with van der Waals surface area (Å²) in [7, 11) is 0. The first kappa shape index (κ1) is 13.3. The van der Waals surface area contributed by atoms with Crippen LogP contribution in [0.25, 0.3) is 0 Å². The van der Waals surface area contributed by atoms with Crippen molar-refractivity contribution in [2.45, 2.75) is 0 Å². The molecule has 0 amide bonds. The molecule has 0 aliphatic carbocycles. The minimum atomic E-state index is 0.488. The lowest BCUT2D eigenvalue weighted by Gasteiger charge is -2.27. The van der Waals surface area contributed by atoms with E-state index in [1.807, 2.05) is 24.3 Å². The topological polar surface area (TPSA) is 74.1 Å². The average Bonchev–Trinajstić information content (AvgIpc) is 2.56. The second-order valence-corrected chi connectivity index (χ2v) is 4.62. The number of ether oxygens (including phenoxy) is 1. The maximum atomic E-state index is 9.10. The summed E-state index contributed by atoms with van der Waals surface area (Å²) in [6.45, 7) is 3.07. The van der Waals surface area contributed by atoms with Gasteiger partial charge in [-0.3, -0.25) is 0 Å². The maximum absolute atomic E-state index is 9.10. The molecule has 0 atom stereocenters. The van der Waals surface area contributed by atoms with Crippen LogP contribution in [0.15, 0.2) is 36.5 Å². The van der Waals surface area contributed by atoms with Gasteiger partial charge >= 0.3 is 0 Å². The van der Waals surface area contributed by atoms with Crippen molar-refractivity contribution in [2.24, 2.45) is 0 Å². The standard InChI is InChI=1S/C15H15N5O/c16-11-12-3-1-2-4-13(12)18-15-17-6-5-14(19-15)20-7-9-21-10-8-20/h1-6H,7-10H2,(H,17,18,19). The second-order valence-electron chi connectivity index (χ2n) is 4.62. The summed E-state index contributed by atoms with van der Waals surface area (Å²) in [4.78, 5) is 10.9. The van der Waals surface area contributed by atoms with Gasteiger partial charge in [0.25, 0.3) is 0 Å². The predicted molar refractivity (Wildman–Crippen MR) is 79.5 cm³/mol. The van der Waals surface area contributed by atoms with E-state index < -0.39 is 0 Å². The van der Waals surface area contributed by atoms with Crippen molar-refractivity contribution in [3.63, 3.8) is 0 Å². The Labute approximate surface area is 123 Å². The summed E-state index contributed by atoms with van der Waals surface area (Å²) >= 11 is 0. The lowest BCUT2D eigenvalue weighted by atomic mass is 10.2. The van der Waals surface area contributed by atoms with Crippen molar-refractivity contribution in [1.29, 1.82) is 5.26 Å². The van der Waals surface area contributed by atoms with Crippen LogP contribution in [0.5, 0.6) is 0 Å². The summed E-state index contributed by atoms with van der Waals surface area (Å²) in [5.74, 6) is 1.35. The highest BCUT2D eigenvalue weighted by Crippen LogP contribution is 2.19. The van der Waals surface area contributed by atoms with Crippen molar-refractivity contribution >= 4 is 17.5 Å². The monoisotopic (exact) mass is 281 g/mol. The third-order valence-corrected chi connectivity index (χ3v) is 3.27. The molecular formula is C15H15N5O. The van der Waals surface area contributed by atoms with E-state index in [1.54, 1.807) is 12.3 Å². The lowest BCUT2D eigenvalue weighted by Crippen LogP contribution is -2.36. The third kappa shape index (κ3) is 3.09. The van der Waals surface area contributed by atoms with Crippen LogP contribution in [0.4, 0.5) is 17.5 Å². The predicted octanol–water partition coefficient (Wildman–Crippen LogP) is 1.93. The fraction of sp³-hybridized carbons (Fsp3) is 0.267. The summed E-state index contributed by atoms with van der Waals surface area (Å²) in [6, 6.07) is 11.3. The molecule has 3 rings (SSSR count). The highest BCUT2D eigenvalue weighted by molar-refractivity contribution is 5.63. The zero-order chi connectivity index (χ0) is 14.5. The largest absolute Gasteiger partial charge is 0.378 e. The van der Waals surface area contributed by atoms with Crippen molar-refractivity contribution in [3.05, 3.63) is 42.1 Å². The molecule has 1 N–H and O–H groups in total. The molecule has 0 spiro atoms. The molecule has 1 saturated heterocycles. The van der Waals surface area contributed by atoms with Gasteiger partial charge in [-0.15, -0.1) is 0 Å².